The Kier molecular flexibility index (Phi) is 3.57. The lowest BCUT2D eigenvalue weighted by molar-refractivity contribution is 0.0982. The van der Waals surface area contributed by atoms with Gasteiger partial charge < -0.3 is 10.1 Å². The lowest BCUT2D eigenvalue weighted by atomic mass is 10.1. The minimum atomic E-state index is 0.163. The van der Waals surface area contributed by atoms with E-state index >= 15 is 0 Å². The first-order valence-electron chi connectivity index (χ1n) is 5.74. The number of carbonyl (C=O) groups is 1. The number of nitrogens with one attached hydrogen (secondary N) is 1. The molecule has 86 valence electrons. The summed E-state index contributed by atoms with van der Waals surface area (Å²) < 4.78 is 5.65. The third-order valence-corrected chi connectivity index (χ3v) is 2.59. The zero-order valence-corrected chi connectivity index (χ0v) is 9.53. The Morgan fingerprint density at radius 2 is 2.31 bits per heavy atom. The van der Waals surface area contributed by atoms with E-state index < -0.39 is 0 Å². The van der Waals surface area contributed by atoms with E-state index in [1.807, 2.05) is 31.3 Å². The van der Waals surface area contributed by atoms with Gasteiger partial charge >= 0.3 is 0 Å². The molecule has 1 aromatic carbocycles. The highest BCUT2D eigenvalue weighted by Crippen LogP contribution is 2.27. The van der Waals surface area contributed by atoms with E-state index in [0.29, 0.717) is 19.1 Å². The number of carbonyl (C=O) groups excluding carboxylic acids is 1. The van der Waals surface area contributed by atoms with Crippen LogP contribution in [0.3, 0.4) is 0 Å². The molecule has 3 nitrogen and oxygen atoms in total. The van der Waals surface area contributed by atoms with Crippen molar-refractivity contribution in [3.8, 4) is 5.75 Å². The molecule has 0 heterocycles. The van der Waals surface area contributed by atoms with E-state index in [2.05, 4.69) is 5.32 Å². The van der Waals surface area contributed by atoms with Gasteiger partial charge in [-0.1, -0.05) is 12.1 Å². The van der Waals surface area contributed by atoms with E-state index in [-0.39, 0.29) is 5.78 Å². The Morgan fingerprint density at radius 3 is 3.00 bits per heavy atom. The minimum Gasteiger partial charge on any atom is -0.490 e. The standard InChI is InChI=1S/C13H17NO2/c1-14-8-7-13(15)10-3-2-4-12(9-10)16-11-5-6-11/h2-4,9,11,14H,5-8H2,1H3. The van der Waals surface area contributed by atoms with Crippen LogP contribution in [0.25, 0.3) is 0 Å². The van der Waals surface area contributed by atoms with Crippen molar-refractivity contribution in [1.82, 2.24) is 5.32 Å². The fourth-order valence-corrected chi connectivity index (χ4v) is 1.50. The first-order chi connectivity index (χ1) is 7.79. The van der Waals surface area contributed by atoms with Crippen molar-refractivity contribution >= 4 is 5.78 Å². The van der Waals surface area contributed by atoms with Crippen molar-refractivity contribution < 1.29 is 9.53 Å². The topological polar surface area (TPSA) is 38.3 Å². The van der Waals surface area contributed by atoms with E-state index in [1.54, 1.807) is 0 Å². The molecule has 0 unspecified atom stereocenters. The van der Waals surface area contributed by atoms with Gasteiger partial charge in [-0.3, -0.25) is 4.79 Å². The van der Waals surface area contributed by atoms with Gasteiger partial charge in [-0.05, 0) is 32.0 Å². The first kappa shape index (κ1) is 11.1. The van der Waals surface area contributed by atoms with Crippen LogP contribution in [-0.2, 0) is 0 Å². The second-order valence-corrected chi connectivity index (χ2v) is 4.12. The van der Waals surface area contributed by atoms with Gasteiger partial charge in [0.05, 0.1) is 6.10 Å². The van der Waals surface area contributed by atoms with Gasteiger partial charge in [0.15, 0.2) is 5.78 Å². The molecular formula is C13H17NO2. The summed E-state index contributed by atoms with van der Waals surface area (Å²) in [5.74, 6) is 0.980. The second kappa shape index (κ2) is 5.12. The van der Waals surface area contributed by atoms with E-state index in [0.717, 1.165) is 24.2 Å². The summed E-state index contributed by atoms with van der Waals surface area (Å²) in [7, 11) is 1.85. The minimum absolute atomic E-state index is 0.163. The number of hydrogen-bond donors (Lipinski definition) is 1. The summed E-state index contributed by atoms with van der Waals surface area (Å²) in [6.07, 6.45) is 3.18. The maximum absolute atomic E-state index is 11.8. The molecule has 1 aromatic rings. The molecule has 2 rings (SSSR count). The Bertz CT molecular complexity index is 372. The Labute approximate surface area is 95.8 Å². The Balaban J connectivity index is 1.99. The zero-order chi connectivity index (χ0) is 11.4. The summed E-state index contributed by atoms with van der Waals surface area (Å²) >= 11 is 0. The van der Waals surface area contributed by atoms with Gasteiger partial charge in [0.25, 0.3) is 0 Å². The van der Waals surface area contributed by atoms with Crippen LogP contribution in [0.5, 0.6) is 5.75 Å². The highest BCUT2D eigenvalue weighted by atomic mass is 16.5. The van der Waals surface area contributed by atoms with Crippen LogP contribution in [0.15, 0.2) is 24.3 Å². The van der Waals surface area contributed by atoms with Crippen LogP contribution in [0.1, 0.15) is 29.6 Å². The quantitative estimate of drug-likeness (QED) is 0.744. The number of hydrogen-bond acceptors (Lipinski definition) is 3. The van der Waals surface area contributed by atoms with Gasteiger partial charge in [-0.2, -0.15) is 0 Å². The summed E-state index contributed by atoms with van der Waals surface area (Å²) in [5, 5.41) is 2.97. The lowest BCUT2D eigenvalue weighted by Crippen LogP contribution is -2.13. The van der Waals surface area contributed by atoms with Gasteiger partial charge in [-0.15, -0.1) is 0 Å². The SMILES string of the molecule is CNCCC(=O)c1cccc(OC2CC2)c1. The molecule has 0 amide bonds. The van der Waals surface area contributed by atoms with Crippen LogP contribution >= 0.6 is 0 Å². The average molecular weight is 219 g/mol. The fraction of sp³-hybridized carbons (Fsp3) is 0.462. The van der Waals surface area contributed by atoms with Crippen molar-refractivity contribution in [2.24, 2.45) is 0 Å². The molecule has 1 saturated carbocycles. The summed E-state index contributed by atoms with van der Waals surface area (Å²) in [6.45, 7) is 0.715. The van der Waals surface area contributed by atoms with E-state index in [4.69, 9.17) is 4.74 Å². The van der Waals surface area contributed by atoms with Crippen LogP contribution in [-0.4, -0.2) is 25.5 Å². The predicted octanol–water partition coefficient (Wildman–Crippen LogP) is 2.02. The molecule has 0 spiro atoms. The number of rotatable bonds is 6. The molecule has 3 heteroatoms. The highest BCUT2D eigenvalue weighted by molar-refractivity contribution is 5.96. The van der Waals surface area contributed by atoms with Gasteiger partial charge in [-0.25, -0.2) is 0 Å². The number of Topliss-reactive ketones (excluding diaryl/α,β-unsaturated/α-hetero) is 1. The Morgan fingerprint density at radius 1 is 1.50 bits per heavy atom. The average Bonchev–Trinajstić information content (AvgIpc) is 3.10. The monoisotopic (exact) mass is 219 g/mol. The molecular weight excluding hydrogens is 202 g/mol. The maximum Gasteiger partial charge on any atom is 0.164 e. The highest BCUT2D eigenvalue weighted by Gasteiger charge is 2.23. The van der Waals surface area contributed by atoms with Crippen LogP contribution in [0.2, 0.25) is 0 Å². The van der Waals surface area contributed by atoms with Crippen LogP contribution in [0, 0.1) is 0 Å². The Hall–Kier alpha value is -1.35. The molecule has 1 fully saturated rings. The molecule has 0 radical (unpaired) electrons. The third kappa shape index (κ3) is 3.07. The van der Waals surface area contributed by atoms with E-state index in [9.17, 15) is 4.79 Å². The molecule has 1 N–H and O–H groups in total. The maximum atomic E-state index is 11.8. The molecule has 0 aliphatic heterocycles. The van der Waals surface area contributed by atoms with Gasteiger partial charge in [0.1, 0.15) is 5.75 Å². The predicted molar refractivity (Wildman–Crippen MR) is 63.0 cm³/mol. The fourth-order valence-electron chi connectivity index (χ4n) is 1.50. The smallest absolute Gasteiger partial charge is 0.164 e. The van der Waals surface area contributed by atoms with Crippen LogP contribution in [0.4, 0.5) is 0 Å². The molecule has 0 bridgehead atoms. The first-order valence-corrected chi connectivity index (χ1v) is 5.74. The molecule has 16 heavy (non-hydrogen) atoms. The van der Waals surface area contributed by atoms with Crippen molar-refractivity contribution in [3.63, 3.8) is 0 Å². The summed E-state index contributed by atoms with van der Waals surface area (Å²) in [6, 6.07) is 7.48. The largest absolute Gasteiger partial charge is 0.490 e. The van der Waals surface area contributed by atoms with Gasteiger partial charge in [0.2, 0.25) is 0 Å². The number of ether oxygens (including phenoxy) is 1. The summed E-state index contributed by atoms with van der Waals surface area (Å²) in [5.41, 5.74) is 0.744. The second-order valence-electron chi connectivity index (χ2n) is 4.12. The molecule has 0 saturated heterocycles. The van der Waals surface area contributed by atoms with Crippen molar-refractivity contribution in [1.29, 1.82) is 0 Å². The van der Waals surface area contributed by atoms with Crippen molar-refractivity contribution in [2.75, 3.05) is 13.6 Å². The normalized spacial score (nSPS) is 14.8. The van der Waals surface area contributed by atoms with Crippen molar-refractivity contribution in [2.45, 2.75) is 25.4 Å². The summed E-state index contributed by atoms with van der Waals surface area (Å²) in [4.78, 5) is 11.8. The molecule has 1 aliphatic rings. The molecule has 0 aromatic heterocycles. The van der Waals surface area contributed by atoms with Crippen LogP contribution < -0.4 is 10.1 Å². The number of ketones is 1. The lowest BCUT2D eigenvalue weighted by Gasteiger charge is -2.06. The van der Waals surface area contributed by atoms with Crippen molar-refractivity contribution in [3.05, 3.63) is 29.8 Å². The third-order valence-electron chi connectivity index (χ3n) is 2.59. The molecule has 1 aliphatic carbocycles. The zero-order valence-electron chi connectivity index (χ0n) is 9.53. The number of benzene rings is 1. The molecule has 0 atom stereocenters. The van der Waals surface area contributed by atoms with E-state index in [1.165, 1.54) is 0 Å². The van der Waals surface area contributed by atoms with Gasteiger partial charge in [0, 0.05) is 18.5 Å².